The van der Waals surface area contributed by atoms with E-state index in [0.717, 1.165) is 4.88 Å². The zero-order chi connectivity index (χ0) is 15.3. The van der Waals surface area contributed by atoms with Gasteiger partial charge in [-0.1, -0.05) is 17.7 Å². The summed E-state index contributed by atoms with van der Waals surface area (Å²) in [7, 11) is 0. The highest BCUT2D eigenvalue weighted by Crippen LogP contribution is 2.24. The van der Waals surface area contributed by atoms with Crippen LogP contribution < -0.4 is 10.1 Å². The van der Waals surface area contributed by atoms with Crippen LogP contribution >= 0.6 is 22.9 Å². The van der Waals surface area contributed by atoms with Crippen molar-refractivity contribution in [1.82, 2.24) is 5.32 Å². The first-order chi connectivity index (χ1) is 9.97. The maximum absolute atomic E-state index is 11.7. The Morgan fingerprint density at radius 2 is 2.10 bits per heavy atom. The second-order valence-corrected chi connectivity index (χ2v) is 6.15. The minimum atomic E-state index is -1.08. The van der Waals surface area contributed by atoms with Crippen molar-refractivity contribution in [2.24, 2.45) is 0 Å². The van der Waals surface area contributed by atoms with Crippen LogP contribution in [0.5, 0.6) is 5.75 Å². The number of carbonyl (C=O) groups is 1. The van der Waals surface area contributed by atoms with Gasteiger partial charge in [-0.25, -0.2) is 0 Å². The zero-order valence-corrected chi connectivity index (χ0v) is 13.1. The van der Waals surface area contributed by atoms with Gasteiger partial charge in [0.1, 0.15) is 11.4 Å². The minimum Gasteiger partial charge on any atom is -0.484 e. The molecule has 6 heteroatoms. The first-order valence-corrected chi connectivity index (χ1v) is 7.64. The van der Waals surface area contributed by atoms with E-state index >= 15 is 0 Å². The molecule has 0 saturated heterocycles. The van der Waals surface area contributed by atoms with Crippen molar-refractivity contribution in [2.45, 2.75) is 12.5 Å². The van der Waals surface area contributed by atoms with Crippen LogP contribution in [0.25, 0.3) is 0 Å². The van der Waals surface area contributed by atoms with Gasteiger partial charge in [-0.2, -0.15) is 0 Å². The summed E-state index contributed by atoms with van der Waals surface area (Å²) in [4.78, 5) is 12.5. The lowest BCUT2D eigenvalue weighted by Gasteiger charge is -2.22. The zero-order valence-electron chi connectivity index (χ0n) is 11.5. The molecule has 1 atom stereocenters. The van der Waals surface area contributed by atoms with E-state index in [1.807, 2.05) is 17.5 Å². The normalized spacial score (nSPS) is 13.5. The highest BCUT2D eigenvalue weighted by atomic mass is 35.5. The molecule has 4 nitrogen and oxygen atoms in total. The molecule has 1 aromatic heterocycles. The van der Waals surface area contributed by atoms with E-state index in [1.165, 1.54) is 11.3 Å². The maximum atomic E-state index is 11.7. The lowest BCUT2D eigenvalue weighted by atomic mass is 10.1. The summed E-state index contributed by atoms with van der Waals surface area (Å²) in [5.74, 6) is 0.279. The molecule has 0 aliphatic carbocycles. The molecule has 1 aromatic carbocycles. The molecule has 1 heterocycles. The van der Waals surface area contributed by atoms with Gasteiger partial charge in [0.2, 0.25) is 0 Å². The summed E-state index contributed by atoms with van der Waals surface area (Å²) in [6, 6.07) is 10.5. The van der Waals surface area contributed by atoms with Gasteiger partial charge in [-0.15, -0.1) is 11.3 Å². The van der Waals surface area contributed by atoms with Crippen LogP contribution in [-0.4, -0.2) is 24.2 Å². The molecular weight excluding hydrogens is 310 g/mol. The number of nitrogens with one attached hydrogen (secondary N) is 1. The van der Waals surface area contributed by atoms with Gasteiger partial charge < -0.3 is 15.2 Å². The van der Waals surface area contributed by atoms with E-state index < -0.39 is 5.60 Å². The Kier molecular flexibility index (Phi) is 5.22. The Morgan fingerprint density at radius 1 is 1.38 bits per heavy atom. The van der Waals surface area contributed by atoms with E-state index in [4.69, 9.17) is 16.3 Å². The van der Waals surface area contributed by atoms with Crippen molar-refractivity contribution in [3.8, 4) is 5.75 Å². The average Bonchev–Trinajstić information content (AvgIpc) is 3.00. The molecular formula is C15H16ClNO3S. The molecule has 0 fully saturated rings. The van der Waals surface area contributed by atoms with Gasteiger partial charge in [0.05, 0.1) is 6.54 Å². The Bertz CT molecular complexity index is 581. The SMILES string of the molecule is CC(O)(CNC(=O)COc1ccc(Cl)cc1)c1cccs1. The molecule has 1 unspecified atom stereocenters. The number of hydrogen-bond donors (Lipinski definition) is 2. The summed E-state index contributed by atoms with van der Waals surface area (Å²) in [5, 5.41) is 15.4. The topological polar surface area (TPSA) is 58.6 Å². The summed E-state index contributed by atoms with van der Waals surface area (Å²) < 4.78 is 5.33. The first-order valence-electron chi connectivity index (χ1n) is 6.39. The molecule has 21 heavy (non-hydrogen) atoms. The Labute approximate surface area is 132 Å². The van der Waals surface area contributed by atoms with Gasteiger partial charge in [-0.3, -0.25) is 4.79 Å². The largest absolute Gasteiger partial charge is 0.484 e. The number of amides is 1. The fraction of sp³-hybridized carbons (Fsp3) is 0.267. The fourth-order valence-electron chi connectivity index (χ4n) is 1.67. The minimum absolute atomic E-state index is 0.109. The second-order valence-electron chi connectivity index (χ2n) is 4.77. The summed E-state index contributed by atoms with van der Waals surface area (Å²) >= 11 is 7.21. The third-order valence-electron chi connectivity index (χ3n) is 2.87. The molecule has 112 valence electrons. The maximum Gasteiger partial charge on any atom is 0.258 e. The van der Waals surface area contributed by atoms with Crippen LogP contribution in [0, 0.1) is 0 Å². The number of thiophene rings is 1. The van der Waals surface area contributed by atoms with E-state index in [1.54, 1.807) is 31.2 Å². The Balaban J connectivity index is 1.78. The van der Waals surface area contributed by atoms with Crippen LogP contribution in [0.1, 0.15) is 11.8 Å². The first kappa shape index (κ1) is 15.8. The quantitative estimate of drug-likeness (QED) is 0.858. The second kappa shape index (κ2) is 6.93. The number of ether oxygens (including phenoxy) is 1. The van der Waals surface area contributed by atoms with Gasteiger partial charge in [0.25, 0.3) is 5.91 Å². The third kappa shape index (κ3) is 4.74. The molecule has 0 radical (unpaired) electrons. The predicted octanol–water partition coefficient (Wildman–Crippen LogP) is 2.80. The van der Waals surface area contributed by atoms with Gasteiger partial charge in [0.15, 0.2) is 6.61 Å². The number of halogens is 1. The standard InChI is InChI=1S/C15H16ClNO3S/c1-15(19,13-3-2-8-21-13)10-17-14(18)9-20-12-6-4-11(16)5-7-12/h2-8,19H,9-10H2,1H3,(H,17,18). The van der Waals surface area contributed by atoms with Crippen LogP contribution in [0.15, 0.2) is 41.8 Å². The lowest BCUT2D eigenvalue weighted by Crippen LogP contribution is -2.40. The fourth-order valence-corrected chi connectivity index (χ4v) is 2.59. The monoisotopic (exact) mass is 325 g/mol. The molecule has 1 amide bonds. The van der Waals surface area contributed by atoms with Crippen molar-refractivity contribution < 1.29 is 14.6 Å². The van der Waals surface area contributed by atoms with Gasteiger partial charge in [0, 0.05) is 9.90 Å². The Morgan fingerprint density at radius 3 is 2.71 bits per heavy atom. The molecule has 0 spiro atoms. The van der Waals surface area contributed by atoms with Crippen LogP contribution in [0.4, 0.5) is 0 Å². The number of benzene rings is 1. The van der Waals surface area contributed by atoms with E-state index in [2.05, 4.69) is 5.32 Å². The third-order valence-corrected chi connectivity index (χ3v) is 4.24. The number of aliphatic hydroxyl groups is 1. The predicted molar refractivity (Wildman–Crippen MR) is 83.8 cm³/mol. The molecule has 2 N–H and O–H groups in total. The van der Waals surface area contributed by atoms with Gasteiger partial charge in [-0.05, 0) is 42.6 Å². The number of rotatable bonds is 6. The molecule has 0 aliphatic heterocycles. The van der Waals surface area contributed by atoms with Crippen LogP contribution in [0.2, 0.25) is 5.02 Å². The summed E-state index contributed by atoms with van der Waals surface area (Å²) in [6.07, 6.45) is 0. The Hall–Kier alpha value is -1.56. The van der Waals surface area contributed by atoms with Gasteiger partial charge >= 0.3 is 0 Å². The molecule has 0 saturated carbocycles. The van der Waals surface area contributed by atoms with Crippen molar-refractivity contribution >= 4 is 28.8 Å². The molecule has 2 rings (SSSR count). The molecule has 0 aliphatic rings. The average molecular weight is 326 g/mol. The van der Waals surface area contributed by atoms with Crippen molar-refractivity contribution in [1.29, 1.82) is 0 Å². The van der Waals surface area contributed by atoms with Crippen molar-refractivity contribution in [3.63, 3.8) is 0 Å². The van der Waals surface area contributed by atoms with Crippen molar-refractivity contribution in [2.75, 3.05) is 13.2 Å². The summed E-state index contributed by atoms with van der Waals surface area (Å²) in [6.45, 7) is 1.69. The van der Waals surface area contributed by atoms with Crippen LogP contribution in [-0.2, 0) is 10.4 Å². The van der Waals surface area contributed by atoms with E-state index in [0.29, 0.717) is 10.8 Å². The van der Waals surface area contributed by atoms with Crippen molar-refractivity contribution in [3.05, 3.63) is 51.7 Å². The number of hydrogen-bond acceptors (Lipinski definition) is 4. The molecule has 0 bridgehead atoms. The number of carbonyl (C=O) groups excluding carboxylic acids is 1. The smallest absolute Gasteiger partial charge is 0.258 e. The highest BCUT2D eigenvalue weighted by Gasteiger charge is 2.24. The summed E-state index contributed by atoms with van der Waals surface area (Å²) in [5.41, 5.74) is -1.08. The van der Waals surface area contributed by atoms with E-state index in [9.17, 15) is 9.90 Å². The lowest BCUT2D eigenvalue weighted by molar-refractivity contribution is -0.124. The molecule has 2 aromatic rings. The van der Waals surface area contributed by atoms with E-state index in [-0.39, 0.29) is 19.1 Å². The highest BCUT2D eigenvalue weighted by molar-refractivity contribution is 7.10. The van der Waals surface area contributed by atoms with Crippen LogP contribution in [0.3, 0.4) is 0 Å².